The van der Waals surface area contributed by atoms with E-state index in [0.29, 0.717) is 0 Å². The quantitative estimate of drug-likeness (QED) is 0.894. The normalized spacial score (nSPS) is 13.6. The minimum absolute atomic E-state index is 0.161. The van der Waals surface area contributed by atoms with E-state index in [0.717, 1.165) is 15.8 Å². The molecule has 2 rings (SSSR count). The van der Waals surface area contributed by atoms with Crippen molar-refractivity contribution in [1.82, 2.24) is 0 Å². The van der Waals surface area contributed by atoms with Crippen molar-refractivity contribution in [2.75, 3.05) is 0 Å². The van der Waals surface area contributed by atoms with Gasteiger partial charge in [0.25, 0.3) is 0 Å². The lowest BCUT2D eigenvalue weighted by Crippen LogP contribution is -2.14. The third-order valence-electron chi connectivity index (χ3n) is 3.06. The Morgan fingerprint density at radius 3 is 2.17 bits per heavy atom. The zero-order chi connectivity index (χ0) is 13.3. The van der Waals surface area contributed by atoms with Crippen LogP contribution in [0.1, 0.15) is 43.7 Å². The summed E-state index contributed by atoms with van der Waals surface area (Å²) < 4.78 is 6.32. The van der Waals surface area contributed by atoms with Gasteiger partial charge in [-0.15, -0.1) is 0 Å². The standard InChI is InChI=1S/C15H18BrNO/c1-15(2,3)11-6-4-10(5-7-11)13(17)14-12(16)8-9-18-14/h4-9,13H,17H2,1-3H3. The zero-order valence-electron chi connectivity index (χ0n) is 10.9. The molecule has 1 atom stereocenters. The van der Waals surface area contributed by atoms with Crippen LogP contribution >= 0.6 is 15.9 Å². The summed E-state index contributed by atoms with van der Waals surface area (Å²) in [6, 6.07) is 10.0. The molecule has 0 amide bonds. The summed E-state index contributed by atoms with van der Waals surface area (Å²) >= 11 is 3.44. The fraction of sp³-hybridized carbons (Fsp3) is 0.333. The second-order valence-electron chi connectivity index (χ2n) is 5.48. The summed E-state index contributed by atoms with van der Waals surface area (Å²) in [6.45, 7) is 6.60. The van der Waals surface area contributed by atoms with E-state index in [2.05, 4.69) is 61.0 Å². The van der Waals surface area contributed by atoms with Gasteiger partial charge in [0.1, 0.15) is 5.76 Å². The maximum Gasteiger partial charge on any atom is 0.139 e. The molecule has 0 radical (unpaired) electrons. The number of nitrogens with two attached hydrogens (primary N) is 1. The fourth-order valence-corrected chi connectivity index (χ4v) is 2.32. The van der Waals surface area contributed by atoms with E-state index in [1.165, 1.54) is 5.56 Å². The summed E-state index contributed by atoms with van der Waals surface area (Å²) in [5.41, 5.74) is 8.71. The Morgan fingerprint density at radius 2 is 1.72 bits per heavy atom. The van der Waals surface area contributed by atoms with Crippen LogP contribution in [0.2, 0.25) is 0 Å². The van der Waals surface area contributed by atoms with E-state index in [1.807, 2.05) is 6.07 Å². The molecular formula is C15H18BrNO. The van der Waals surface area contributed by atoms with Crippen LogP contribution in [0.25, 0.3) is 0 Å². The van der Waals surface area contributed by atoms with Gasteiger partial charge in [-0.1, -0.05) is 45.0 Å². The molecule has 0 bridgehead atoms. The molecule has 2 N–H and O–H groups in total. The van der Waals surface area contributed by atoms with Crippen molar-refractivity contribution in [2.24, 2.45) is 5.73 Å². The van der Waals surface area contributed by atoms with Gasteiger partial charge in [-0.2, -0.15) is 0 Å². The number of rotatable bonds is 2. The Balaban J connectivity index is 2.28. The lowest BCUT2D eigenvalue weighted by molar-refractivity contribution is 0.487. The highest BCUT2D eigenvalue weighted by Crippen LogP contribution is 2.29. The number of halogens is 1. The molecule has 96 valence electrons. The monoisotopic (exact) mass is 307 g/mol. The Kier molecular flexibility index (Phi) is 3.64. The number of hydrogen-bond acceptors (Lipinski definition) is 2. The SMILES string of the molecule is CC(C)(C)c1ccc(C(N)c2occc2Br)cc1. The first kappa shape index (κ1) is 13.4. The Labute approximate surface area is 116 Å². The van der Waals surface area contributed by atoms with Gasteiger partial charge in [-0.3, -0.25) is 0 Å². The molecule has 0 aliphatic carbocycles. The predicted octanol–water partition coefficient (Wildman–Crippen LogP) is 4.39. The largest absolute Gasteiger partial charge is 0.466 e. The minimum Gasteiger partial charge on any atom is -0.466 e. The molecule has 18 heavy (non-hydrogen) atoms. The average molecular weight is 308 g/mol. The Morgan fingerprint density at radius 1 is 1.11 bits per heavy atom. The Hall–Kier alpha value is -1.06. The maximum absolute atomic E-state index is 6.20. The molecule has 0 aliphatic heterocycles. The number of benzene rings is 1. The van der Waals surface area contributed by atoms with Gasteiger partial charge >= 0.3 is 0 Å². The van der Waals surface area contributed by atoms with Crippen LogP contribution in [0.4, 0.5) is 0 Å². The van der Waals surface area contributed by atoms with Crippen molar-refractivity contribution >= 4 is 15.9 Å². The molecule has 0 spiro atoms. The molecule has 1 unspecified atom stereocenters. The fourth-order valence-electron chi connectivity index (χ4n) is 1.87. The average Bonchev–Trinajstić information content (AvgIpc) is 2.73. The first-order valence-corrected chi connectivity index (χ1v) is 6.78. The number of hydrogen-bond donors (Lipinski definition) is 1. The van der Waals surface area contributed by atoms with E-state index < -0.39 is 0 Å². The van der Waals surface area contributed by atoms with Gasteiger partial charge in [-0.25, -0.2) is 0 Å². The molecular weight excluding hydrogens is 290 g/mol. The third kappa shape index (κ3) is 2.68. The highest BCUT2D eigenvalue weighted by atomic mass is 79.9. The van der Waals surface area contributed by atoms with E-state index >= 15 is 0 Å². The molecule has 0 fully saturated rings. The molecule has 0 saturated heterocycles. The molecule has 2 nitrogen and oxygen atoms in total. The zero-order valence-corrected chi connectivity index (χ0v) is 12.5. The predicted molar refractivity (Wildman–Crippen MR) is 77.6 cm³/mol. The molecule has 3 heteroatoms. The molecule has 0 saturated carbocycles. The summed E-state index contributed by atoms with van der Waals surface area (Å²) in [6.07, 6.45) is 1.64. The van der Waals surface area contributed by atoms with Crippen LogP contribution < -0.4 is 5.73 Å². The highest BCUT2D eigenvalue weighted by molar-refractivity contribution is 9.10. The van der Waals surface area contributed by atoms with E-state index in [4.69, 9.17) is 10.2 Å². The van der Waals surface area contributed by atoms with Crippen molar-refractivity contribution < 1.29 is 4.42 Å². The van der Waals surface area contributed by atoms with Gasteiger partial charge in [0.15, 0.2) is 0 Å². The molecule has 1 aromatic heterocycles. The third-order valence-corrected chi connectivity index (χ3v) is 3.72. The van der Waals surface area contributed by atoms with Gasteiger partial charge < -0.3 is 10.2 Å². The van der Waals surface area contributed by atoms with Gasteiger partial charge in [-0.05, 0) is 38.5 Å². The van der Waals surface area contributed by atoms with Gasteiger partial charge in [0.05, 0.1) is 16.8 Å². The van der Waals surface area contributed by atoms with Crippen LogP contribution in [0.5, 0.6) is 0 Å². The maximum atomic E-state index is 6.20. The van der Waals surface area contributed by atoms with E-state index in [-0.39, 0.29) is 11.5 Å². The van der Waals surface area contributed by atoms with Crippen molar-refractivity contribution in [3.05, 3.63) is 58.0 Å². The summed E-state index contributed by atoms with van der Waals surface area (Å²) in [4.78, 5) is 0. The molecule has 2 aromatic rings. The van der Waals surface area contributed by atoms with Crippen molar-refractivity contribution in [1.29, 1.82) is 0 Å². The van der Waals surface area contributed by atoms with Crippen molar-refractivity contribution in [3.8, 4) is 0 Å². The highest BCUT2D eigenvalue weighted by Gasteiger charge is 2.17. The van der Waals surface area contributed by atoms with Crippen LogP contribution in [-0.4, -0.2) is 0 Å². The first-order chi connectivity index (χ1) is 8.39. The summed E-state index contributed by atoms with van der Waals surface area (Å²) in [5, 5.41) is 0. The minimum atomic E-state index is -0.233. The second kappa shape index (κ2) is 4.90. The Bertz CT molecular complexity index is 522. The molecule has 1 aromatic carbocycles. The lowest BCUT2D eigenvalue weighted by atomic mass is 9.86. The smallest absolute Gasteiger partial charge is 0.139 e. The molecule has 1 heterocycles. The van der Waals surface area contributed by atoms with Gasteiger partial charge in [0, 0.05) is 0 Å². The summed E-state index contributed by atoms with van der Waals surface area (Å²) in [7, 11) is 0. The van der Waals surface area contributed by atoms with Gasteiger partial charge in [0.2, 0.25) is 0 Å². The summed E-state index contributed by atoms with van der Waals surface area (Å²) in [5.74, 6) is 0.763. The van der Waals surface area contributed by atoms with E-state index in [1.54, 1.807) is 6.26 Å². The van der Waals surface area contributed by atoms with Crippen LogP contribution in [-0.2, 0) is 5.41 Å². The number of furan rings is 1. The van der Waals surface area contributed by atoms with E-state index in [9.17, 15) is 0 Å². The van der Waals surface area contributed by atoms with Crippen LogP contribution in [0.3, 0.4) is 0 Å². The van der Waals surface area contributed by atoms with Crippen LogP contribution in [0.15, 0.2) is 45.5 Å². The molecule has 0 aliphatic rings. The first-order valence-electron chi connectivity index (χ1n) is 5.98. The second-order valence-corrected chi connectivity index (χ2v) is 6.34. The van der Waals surface area contributed by atoms with Crippen molar-refractivity contribution in [3.63, 3.8) is 0 Å². The van der Waals surface area contributed by atoms with Crippen molar-refractivity contribution in [2.45, 2.75) is 32.2 Å². The van der Waals surface area contributed by atoms with Crippen LogP contribution in [0, 0.1) is 0 Å². The topological polar surface area (TPSA) is 39.2 Å². The lowest BCUT2D eigenvalue weighted by Gasteiger charge is -2.20.